The van der Waals surface area contributed by atoms with Crippen LogP contribution in [0.5, 0.6) is 0 Å². The average molecular weight is 267 g/mol. The monoisotopic (exact) mass is 267 g/mol. The van der Waals surface area contributed by atoms with Gasteiger partial charge in [-0.15, -0.1) is 0 Å². The lowest BCUT2D eigenvalue weighted by Crippen LogP contribution is -2.64. The Morgan fingerprint density at radius 3 is 1.37 bits per heavy atom. The molecule has 0 unspecified atom stereocenters. The molecule has 1 radical (unpaired) electrons. The van der Waals surface area contributed by atoms with E-state index in [4.69, 9.17) is 0 Å². The maximum Gasteiger partial charge on any atom is 0.126 e. The third kappa shape index (κ3) is 2.39. The van der Waals surface area contributed by atoms with Gasteiger partial charge in [0, 0.05) is 0 Å². The summed E-state index contributed by atoms with van der Waals surface area (Å²) in [6.07, 6.45) is 0. The Morgan fingerprint density at radius 1 is 0.737 bits per heavy atom. The van der Waals surface area contributed by atoms with Gasteiger partial charge in [0.25, 0.3) is 0 Å². The largest absolute Gasteiger partial charge is 0.126 e. The van der Waals surface area contributed by atoms with Crippen LogP contribution in [0.4, 0.5) is 0 Å². The van der Waals surface area contributed by atoms with Crippen LogP contribution in [-0.4, -0.2) is 8.07 Å². The molecule has 0 spiro atoms. The first-order valence-electron chi connectivity index (χ1n) is 6.94. The topological polar surface area (TPSA) is 0 Å². The fourth-order valence-electron chi connectivity index (χ4n) is 3.20. The van der Waals surface area contributed by atoms with Gasteiger partial charge >= 0.3 is 0 Å². The van der Waals surface area contributed by atoms with Gasteiger partial charge in [-0.2, -0.15) is 0 Å². The van der Waals surface area contributed by atoms with Crippen molar-refractivity contribution in [2.45, 2.75) is 32.7 Å². The van der Waals surface area contributed by atoms with E-state index in [2.05, 4.69) is 94.4 Å². The Bertz CT molecular complexity index is 469. The number of hydrogen-bond acceptors (Lipinski definition) is 0. The highest BCUT2D eigenvalue weighted by molar-refractivity contribution is 7.06. The van der Waals surface area contributed by atoms with Crippen molar-refractivity contribution in [3.8, 4) is 0 Å². The van der Waals surface area contributed by atoms with Crippen molar-refractivity contribution in [3.05, 3.63) is 66.7 Å². The predicted molar refractivity (Wildman–Crippen MR) is 87.6 cm³/mol. The second-order valence-electron chi connectivity index (χ2n) is 6.08. The SMILES string of the molecule is C[CH][Si](c1ccccc1)(c1ccccc1)C(C)(C)C. The first-order chi connectivity index (χ1) is 9.02. The van der Waals surface area contributed by atoms with Gasteiger partial charge < -0.3 is 0 Å². The van der Waals surface area contributed by atoms with Crippen LogP contribution in [0.1, 0.15) is 27.7 Å². The summed E-state index contributed by atoms with van der Waals surface area (Å²) >= 11 is 0. The molecule has 0 aromatic heterocycles. The average Bonchev–Trinajstić information content (AvgIpc) is 2.41. The summed E-state index contributed by atoms with van der Waals surface area (Å²) in [5, 5.41) is 3.25. The van der Waals surface area contributed by atoms with E-state index in [0.29, 0.717) is 0 Å². The molecule has 0 fully saturated rings. The molecule has 0 atom stereocenters. The first kappa shape index (κ1) is 14.1. The molecule has 2 aromatic rings. The van der Waals surface area contributed by atoms with E-state index in [1.807, 2.05) is 0 Å². The fraction of sp³-hybridized carbons (Fsp3) is 0.278. The van der Waals surface area contributed by atoms with Crippen molar-refractivity contribution in [3.63, 3.8) is 0 Å². The first-order valence-corrected chi connectivity index (χ1v) is 9.01. The standard InChI is InChI=1S/C18H23Si/c1-5-19(18(2,3)4,16-12-8-6-9-13-16)17-14-10-7-11-15-17/h5-15H,1-4H3. The number of benzene rings is 2. The molecule has 0 bridgehead atoms. The minimum atomic E-state index is -1.85. The van der Waals surface area contributed by atoms with Crippen LogP contribution in [0.25, 0.3) is 0 Å². The Morgan fingerprint density at radius 2 is 1.11 bits per heavy atom. The molecule has 19 heavy (non-hydrogen) atoms. The lowest BCUT2D eigenvalue weighted by Gasteiger charge is -2.43. The summed E-state index contributed by atoms with van der Waals surface area (Å²) in [6.45, 7) is 9.36. The lowest BCUT2D eigenvalue weighted by molar-refractivity contribution is 0.734. The van der Waals surface area contributed by atoms with Gasteiger partial charge in [0.2, 0.25) is 0 Å². The van der Waals surface area contributed by atoms with Crippen molar-refractivity contribution >= 4 is 18.4 Å². The van der Waals surface area contributed by atoms with Crippen LogP contribution in [0, 0.1) is 6.04 Å². The molecule has 99 valence electrons. The Labute approximate surface area is 118 Å². The van der Waals surface area contributed by atoms with Gasteiger partial charge in [-0.25, -0.2) is 0 Å². The highest BCUT2D eigenvalue weighted by Gasteiger charge is 2.45. The van der Waals surface area contributed by atoms with E-state index in [-0.39, 0.29) is 5.04 Å². The molecule has 0 saturated carbocycles. The van der Waals surface area contributed by atoms with Crippen LogP contribution in [-0.2, 0) is 0 Å². The quantitative estimate of drug-likeness (QED) is 0.742. The molecule has 1 heteroatoms. The molecule has 0 nitrogen and oxygen atoms in total. The molecule has 0 aliphatic carbocycles. The van der Waals surface area contributed by atoms with E-state index in [1.54, 1.807) is 0 Å². The molecular formula is C18H23Si. The zero-order chi connectivity index (χ0) is 13.9. The van der Waals surface area contributed by atoms with Gasteiger partial charge in [0.15, 0.2) is 0 Å². The van der Waals surface area contributed by atoms with Crippen LogP contribution >= 0.6 is 0 Å². The van der Waals surface area contributed by atoms with E-state index in [9.17, 15) is 0 Å². The smallest absolute Gasteiger partial charge is 0.0643 e. The minimum Gasteiger partial charge on any atom is -0.0643 e. The summed E-state index contributed by atoms with van der Waals surface area (Å²) in [6, 6.07) is 24.5. The normalized spacial score (nSPS) is 12.4. The van der Waals surface area contributed by atoms with Crippen molar-refractivity contribution in [2.75, 3.05) is 0 Å². The summed E-state index contributed by atoms with van der Waals surface area (Å²) in [7, 11) is -1.85. The maximum absolute atomic E-state index is 2.48. The lowest BCUT2D eigenvalue weighted by atomic mass is 10.2. The Kier molecular flexibility index (Phi) is 3.95. The number of rotatable bonds is 3. The predicted octanol–water partition coefficient (Wildman–Crippen LogP) is 3.81. The van der Waals surface area contributed by atoms with E-state index in [0.717, 1.165) is 0 Å². The summed E-state index contributed by atoms with van der Waals surface area (Å²) in [4.78, 5) is 0. The highest BCUT2D eigenvalue weighted by Crippen LogP contribution is 2.37. The van der Waals surface area contributed by atoms with Crippen molar-refractivity contribution in [1.29, 1.82) is 0 Å². The Hall–Kier alpha value is -1.34. The molecule has 0 aliphatic heterocycles. The van der Waals surface area contributed by atoms with Gasteiger partial charge in [0.05, 0.1) is 0 Å². The van der Waals surface area contributed by atoms with Crippen LogP contribution in [0.3, 0.4) is 0 Å². The van der Waals surface area contributed by atoms with Crippen LogP contribution in [0.2, 0.25) is 5.04 Å². The molecule has 0 amide bonds. The van der Waals surface area contributed by atoms with E-state index < -0.39 is 8.07 Å². The van der Waals surface area contributed by atoms with Crippen molar-refractivity contribution in [1.82, 2.24) is 0 Å². The zero-order valence-electron chi connectivity index (χ0n) is 12.4. The maximum atomic E-state index is 2.48. The minimum absolute atomic E-state index is 0.254. The Balaban J connectivity index is 2.70. The van der Waals surface area contributed by atoms with Gasteiger partial charge in [0.1, 0.15) is 8.07 Å². The molecule has 0 N–H and O–H groups in total. The molecule has 2 aromatic carbocycles. The molecule has 0 heterocycles. The highest BCUT2D eigenvalue weighted by atomic mass is 28.3. The molecule has 2 rings (SSSR count). The van der Waals surface area contributed by atoms with Crippen molar-refractivity contribution in [2.24, 2.45) is 0 Å². The van der Waals surface area contributed by atoms with Crippen molar-refractivity contribution < 1.29 is 0 Å². The fourth-order valence-corrected chi connectivity index (χ4v) is 8.24. The summed E-state index contributed by atoms with van der Waals surface area (Å²) in [5.41, 5.74) is 0. The summed E-state index contributed by atoms with van der Waals surface area (Å²) < 4.78 is 0. The number of hydrogen-bond donors (Lipinski definition) is 0. The second-order valence-corrected chi connectivity index (χ2v) is 10.9. The molecule has 0 aliphatic rings. The third-order valence-corrected chi connectivity index (χ3v) is 9.79. The molecular weight excluding hydrogens is 244 g/mol. The molecule has 0 saturated heterocycles. The van der Waals surface area contributed by atoms with E-state index >= 15 is 0 Å². The third-order valence-electron chi connectivity index (χ3n) is 4.07. The summed E-state index contributed by atoms with van der Waals surface area (Å²) in [5.74, 6) is 0. The van der Waals surface area contributed by atoms with Gasteiger partial charge in [-0.1, -0.05) is 98.7 Å². The van der Waals surface area contributed by atoms with Gasteiger partial charge in [-0.05, 0) is 11.1 Å². The van der Waals surface area contributed by atoms with Crippen LogP contribution < -0.4 is 10.4 Å². The van der Waals surface area contributed by atoms with Gasteiger partial charge in [-0.3, -0.25) is 0 Å². The second kappa shape index (κ2) is 5.34. The van der Waals surface area contributed by atoms with E-state index in [1.165, 1.54) is 10.4 Å². The van der Waals surface area contributed by atoms with Crippen LogP contribution in [0.15, 0.2) is 60.7 Å². The zero-order valence-corrected chi connectivity index (χ0v) is 13.4.